The summed E-state index contributed by atoms with van der Waals surface area (Å²) in [6.45, 7) is 2.27. The molecule has 0 spiro atoms. The van der Waals surface area contributed by atoms with Crippen LogP contribution in [0.3, 0.4) is 0 Å². The molecule has 1 aliphatic heterocycles. The Morgan fingerprint density at radius 1 is 1.15 bits per heavy atom. The molecule has 2 atom stereocenters. The van der Waals surface area contributed by atoms with Gasteiger partial charge in [0.15, 0.2) is 12.1 Å². The first-order valence-corrected chi connectivity index (χ1v) is 8.39. The second-order valence-electron chi connectivity index (χ2n) is 6.31. The lowest BCUT2D eigenvalue weighted by atomic mass is 10.0. The van der Waals surface area contributed by atoms with Crippen molar-refractivity contribution < 1.29 is 14.7 Å². The first-order chi connectivity index (χ1) is 12.5. The number of aliphatic imine (C=N–C) groups is 1. The summed E-state index contributed by atoms with van der Waals surface area (Å²) in [5.74, 6) is -0.650. The standard InChI is InChI=1S/C20H21N3O3/c1-13-8-10-15(11-9-13)18-22-16(17(24)20(26)23(18)2)19(25)21-12-14-6-4-3-5-7-14/h3-11,16-17,24H,12H2,1-2H3,(H,21,25). The molecule has 0 fully saturated rings. The molecular formula is C20H21N3O3. The van der Waals surface area contributed by atoms with Gasteiger partial charge in [0.1, 0.15) is 5.84 Å². The molecule has 0 aliphatic carbocycles. The van der Waals surface area contributed by atoms with Crippen LogP contribution in [0.4, 0.5) is 0 Å². The van der Waals surface area contributed by atoms with E-state index in [9.17, 15) is 14.7 Å². The molecule has 134 valence electrons. The lowest BCUT2D eigenvalue weighted by Gasteiger charge is -2.31. The molecule has 0 aromatic heterocycles. The molecule has 6 heteroatoms. The topological polar surface area (TPSA) is 82.0 Å². The number of aliphatic hydroxyl groups is 1. The van der Waals surface area contributed by atoms with E-state index in [2.05, 4.69) is 10.3 Å². The van der Waals surface area contributed by atoms with Crippen molar-refractivity contribution in [3.63, 3.8) is 0 Å². The van der Waals surface area contributed by atoms with Gasteiger partial charge >= 0.3 is 0 Å². The third-order valence-electron chi connectivity index (χ3n) is 4.35. The molecule has 6 nitrogen and oxygen atoms in total. The molecule has 2 aromatic rings. The summed E-state index contributed by atoms with van der Waals surface area (Å²) in [7, 11) is 1.54. The summed E-state index contributed by atoms with van der Waals surface area (Å²) < 4.78 is 0. The Morgan fingerprint density at radius 3 is 2.46 bits per heavy atom. The zero-order valence-corrected chi connectivity index (χ0v) is 14.7. The van der Waals surface area contributed by atoms with E-state index in [1.165, 1.54) is 4.90 Å². The Balaban J connectivity index is 1.83. The van der Waals surface area contributed by atoms with E-state index >= 15 is 0 Å². The van der Waals surface area contributed by atoms with Crippen molar-refractivity contribution in [1.29, 1.82) is 0 Å². The van der Waals surface area contributed by atoms with Gasteiger partial charge in [0.25, 0.3) is 5.91 Å². The van der Waals surface area contributed by atoms with Gasteiger partial charge in [-0.1, -0.05) is 60.2 Å². The van der Waals surface area contributed by atoms with Crippen LogP contribution in [0, 0.1) is 6.92 Å². The van der Waals surface area contributed by atoms with E-state index in [-0.39, 0.29) is 0 Å². The Kier molecular flexibility index (Phi) is 5.14. The number of amidine groups is 1. The lowest BCUT2D eigenvalue weighted by molar-refractivity contribution is -0.141. The van der Waals surface area contributed by atoms with Gasteiger partial charge in [-0.05, 0) is 12.5 Å². The first kappa shape index (κ1) is 17.8. The molecule has 1 heterocycles. The highest BCUT2D eigenvalue weighted by Crippen LogP contribution is 2.17. The summed E-state index contributed by atoms with van der Waals surface area (Å²) >= 11 is 0. The van der Waals surface area contributed by atoms with Crippen LogP contribution in [-0.2, 0) is 16.1 Å². The second-order valence-corrected chi connectivity index (χ2v) is 6.31. The average molecular weight is 351 g/mol. The van der Waals surface area contributed by atoms with Crippen molar-refractivity contribution in [2.45, 2.75) is 25.6 Å². The third-order valence-corrected chi connectivity index (χ3v) is 4.35. The zero-order chi connectivity index (χ0) is 18.7. The highest BCUT2D eigenvalue weighted by atomic mass is 16.3. The number of hydrogen-bond acceptors (Lipinski definition) is 4. The number of rotatable bonds is 4. The smallest absolute Gasteiger partial charge is 0.259 e. The van der Waals surface area contributed by atoms with Crippen LogP contribution >= 0.6 is 0 Å². The lowest BCUT2D eigenvalue weighted by Crippen LogP contribution is -2.55. The van der Waals surface area contributed by atoms with E-state index in [0.29, 0.717) is 12.4 Å². The molecule has 2 N–H and O–H groups in total. The molecular weight excluding hydrogens is 330 g/mol. The minimum atomic E-state index is -1.50. The normalized spacial score (nSPS) is 19.9. The summed E-state index contributed by atoms with van der Waals surface area (Å²) in [4.78, 5) is 30.6. The molecule has 0 bridgehead atoms. The van der Waals surface area contributed by atoms with E-state index < -0.39 is 24.0 Å². The fourth-order valence-electron chi connectivity index (χ4n) is 2.79. The van der Waals surface area contributed by atoms with E-state index in [4.69, 9.17) is 0 Å². The molecule has 0 saturated heterocycles. The minimum absolute atomic E-state index is 0.308. The minimum Gasteiger partial charge on any atom is -0.380 e. The summed E-state index contributed by atoms with van der Waals surface area (Å²) in [5.41, 5.74) is 2.73. The van der Waals surface area contributed by atoms with Gasteiger partial charge in [-0.15, -0.1) is 0 Å². The monoisotopic (exact) mass is 351 g/mol. The van der Waals surface area contributed by atoms with Gasteiger partial charge in [0, 0.05) is 19.2 Å². The van der Waals surface area contributed by atoms with Crippen LogP contribution in [0.15, 0.2) is 59.6 Å². The number of likely N-dealkylation sites (N-methyl/N-ethyl adjacent to an activating group) is 1. The molecule has 3 rings (SSSR count). The number of amides is 2. The predicted molar refractivity (Wildman–Crippen MR) is 98.6 cm³/mol. The van der Waals surface area contributed by atoms with Gasteiger partial charge in [-0.2, -0.15) is 0 Å². The van der Waals surface area contributed by atoms with E-state index in [0.717, 1.165) is 16.7 Å². The van der Waals surface area contributed by atoms with Crippen LogP contribution in [0.25, 0.3) is 0 Å². The Bertz CT molecular complexity index is 831. The third kappa shape index (κ3) is 3.65. The molecule has 2 unspecified atom stereocenters. The first-order valence-electron chi connectivity index (χ1n) is 8.39. The van der Waals surface area contributed by atoms with E-state index in [1.807, 2.05) is 61.5 Å². The molecule has 1 aliphatic rings. The highest BCUT2D eigenvalue weighted by Gasteiger charge is 2.39. The van der Waals surface area contributed by atoms with Crippen LogP contribution in [0.5, 0.6) is 0 Å². The number of nitrogens with one attached hydrogen (secondary N) is 1. The molecule has 0 radical (unpaired) electrons. The highest BCUT2D eigenvalue weighted by molar-refractivity contribution is 6.12. The van der Waals surface area contributed by atoms with Crippen LogP contribution < -0.4 is 5.32 Å². The SMILES string of the molecule is Cc1ccc(C2=NC(C(=O)NCc3ccccc3)C(O)C(=O)N2C)cc1. The summed E-state index contributed by atoms with van der Waals surface area (Å²) in [5, 5.41) is 13.0. The Labute approximate surface area is 152 Å². The Hall–Kier alpha value is -2.99. The summed E-state index contributed by atoms with van der Waals surface area (Å²) in [6, 6.07) is 15.8. The van der Waals surface area contributed by atoms with Crippen molar-refractivity contribution in [2.75, 3.05) is 7.05 Å². The maximum absolute atomic E-state index is 12.5. The molecule has 26 heavy (non-hydrogen) atoms. The second kappa shape index (κ2) is 7.49. The van der Waals surface area contributed by atoms with Gasteiger partial charge in [0.05, 0.1) is 0 Å². The number of aliphatic hydroxyl groups excluding tert-OH is 1. The number of nitrogens with zero attached hydrogens (tertiary/aromatic N) is 2. The van der Waals surface area contributed by atoms with Crippen molar-refractivity contribution >= 4 is 17.6 Å². The van der Waals surface area contributed by atoms with Gasteiger partial charge in [0.2, 0.25) is 5.91 Å². The fraction of sp³-hybridized carbons (Fsp3) is 0.250. The summed E-state index contributed by atoms with van der Waals surface area (Å²) in [6.07, 6.45) is -1.50. The largest absolute Gasteiger partial charge is 0.380 e. The van der Waals surface area contributed by atoms with Gasteiger partial charge < -0.3 is 10.4 Å². The maximum Gasteiger partial charge on any atom is 0.259 e. The zero-order valence-electron chi connectivity index (χ0n) is 14.7. The molecule has 0 saturated carbocycles. The van der Waals surface area contributed by atoms with Crippen LogP contribution in [-0.4, -0.2) is 46.8 Å². The molecule has 2 amide bonds. The van der Waals surface area contributed by atoms with E-state index in [1.54, 1.807) is 7.05 Å². The van der Waals surface area contributed by atoms with Gasteiger partial charge in [-0.25, -0.2) is 0 Å². The number of carbonyl (C=O) groups excluding carboxylic acids is 2. The fourth-order valence-corrected chi connectivity index (χ4v) is 2.79. The number of aryl methyl sites for hydroxylation is 1. The Morgan fingerprint density at radius 2 is 1.81 bits per heavy atom. The van der Waals surface area contributed by atoms with Crippen molar-refractivity contribution in [2.24, 2.45) is 4.99 Å². The quantitative estimate of drug-likeness (QED) is 0.870. The molecule has 2 aromatic carbocycles. The van der Waals surface area contributed by atoms with Crippen LogP contribution in [0.2, 0.25) is 0 Å². The van der Waals surface area contributed by atoms with Crippen molar-refractivity contribution in [3.8, 4) is 0 Å². The number of carbonyl (C=O) groups is 2. The average Bonchev–Trinajstić information content (AvgIpc) is 2.66. The predicted octanol–water partition coefficient (Wildman–Crippen LogP) is 1.26. The number of hydrogen-bond donors (Lipinski definition) is 2. The van der Waals surface area contributed by atoms with Gasteiger partial charge in [-0.3, -0.25) is 19.5 Å². The van der Waals surface area contributed by atoms with Crippen molar-refractivity contribution in [1.82, 2.24) is 10.2 Å². The maximum atomic E-state index is 12.5. The number of benzene rings is 2. The van der Waals surface area contributed by atoms with Crippen LogP contribution in [0.1, 0.15) is 16.7 Å². The van der Waals surface area contributed by atoms with Crippen molar-refractivity contribution in [3.05, 3.63) is 71.3 Å².